The van der Waals surface area contributed by atoms with E-state index in [0.717, 1.165) is 41.7 Å². The number of aromatic nitrogens is 1. The van der Waals surface area contributed by atoms with Gasteiger partial charge in [0.15, 0.2) is 6.61 Å². The molecule has 0 saturated heterocycles. The van der Waals surface area contributed by atoms with Gasteiger partial charge in [-0.1, -0.05) is 30.3 Å². The Hall–Kier alpha value is -3.52. The molecule has 32 heavy (non-hydrogen) atoms. The molecule has 164 valence electrons. The quantitative estimate of drug-likeness (QED) is 0.536. The summed E-state index contributed by atoms with van der Waals surface area (Å²) in [6.45, 7) is -0.0399. The summed E-state index contributed by atoms with van der Waals surface area (Å²) in [4.78, 5) is 42.6. The highest BCUT2D eigenvalue weighted by Crippen LogP contribution is 2.38. The number of aryl methyl sites for hydroxylation is 1. The van der Waals surface area contributed by atoms with Gasteiger partial charge >= 0.3 is 5.97 Å². The highest BCUT2D eigenvalue weighted by Gasteiger charge is 2.26. The number of esters is 1. The molecule has 0 bridgehead atoms. The summed E-state index contributed by atoms with van der Waals surface area (Å²) >= 11 is 1.43. The summed E-state index contributed by atoms with van der Waals surface area (Å²) in [7, 11) is 0. The molecule has 7 nitrogen and oxygen atoms in total. The minimum absolute atomic E-state index is 0.212. The number of pyridine rings is 1. The van der Waals surface area contributed by atoms with Crippen LogP contribution in [-0.4, -0.2) is 29.4 Å². The van der Waals surface area contributed by atoms with Crippen molar-refractivity contribution in [3.63, 3.8) is 0 Å². The molecule has 0 saturated carbocycles. The van der Waals surface area contributed by atoms with E-state index in [0.29, 0.717) is 17.1 Å². The Bertz CT molecular complexity index is 1110. The lowest BCUT2D eigenvalue weighted by Gasteiger charge is -2.13. The van der Waals surface area contributed by atoms with E-state index in [2.05, 4.69) is 15.6 Å². The molecule has 8 heteroatoms. The second-order valence-electron chi connectivity index (χ2n) is 7.45. The number of nitrogens with zero attached hydrogens (tertiary/aromatic N) is 1. The Morgan fingerprint density at radius 2 is 1.84 bits per heavy atom. The predicted molar refractivity (Wildman–Crippen MR) is 122 cm³/mol. The molecule has 0 atom stereocenters. The third-order valence-electron chi connectivity index (χ3n) is 5.18. The first-order valence-electron chi connectivity index (χ1n) is 10.5. The maximum atomic E-state index is 13.1. The van der Waals surface area contributed by atoms with Gasteiger partial charge in [-0.05, 0) is 48.9 Å². The lowest BCUT2D eigenvalue weighted by molar-refractivity contribution is -0.119. The number of amides is 2. The molecule has 4 rings (SSSR count). The van der Waals surface area contributed by atoms with Crippen molar-refractivity contribution in [2.24, 2.45) is 0 Å². The molecule has 0 unspecified atom stereocenters. The minimum atomic E-state index is -0.625. The smallest absolute Gasteiger partial charge is 0.340 e. The summed E-state index contributed by atoms with van der Waals surface area (Å²) < 4.78 is 5.08. The van der Waals surface area contributed by atoms with Crippen molar-refractivity contribution >= 4 is 34.1 Å². The van der Waals surface area contributed by atoms with E-state index < -0.39 is 18.5 Å². The number of thiophene rings is 1. The van der Waals surface area contributed by atoms with Crippen LogP contribution in [0.2, 0.25) is 0 Å². The molecule has 1 aromatic carbocycles. The number of benzene rings is 1. The molecule has 2 aromatic heterocycles. The lowest BCUT2D eigenvalue weighted by atomic mass is 9.95. The summed E-state index contributed by atoms with van der Waals surface area (Å²) in [5.74, 6) is -1.33. The number of rotatable bonds is 7. The highest BCUT2D eigenvalue weighted by molar-refractivity contribution is 7.17. The average Bonchev–Trinajstić information content (AvgIpc) is 3.20. The molecule has 0 aliphatic heterocycles. The van der Waals surface area contributed by atoms with Crippen molar-refractivity contribution in [3.05, 3.63) is 82.0 Å². The molecule has 0 fully saturated rings. The Morgan fingerprint density at radius 1 is 1.03 bits per heavy atom. The van der Waals surface area contributed by atoms with Crippen LogP contribution in [0.4, 0.5) is 5.00 Å². The molecule has 1 aliphatic rings. The van der Waals surface area contributed by atoms with Crippen molar-refractivity contribution in [2.45, 2.75) is 32.2 Å². The SMILES string of the molecule is O=C(COC(=O)c1cccnc1)Nc1sc2c(c1C(=O)NCc1ccccc1)CCCC2. The lowest BCUT2D eigenvalue weighted by Crippen LogP contribution is -2.26. The Morgan fingerprint density at radius 3 is 2.62 bits per heavy atom. The van der Waals surface area contributed by atoms with Gasteiger partial charge in [0.1, 0.15) is 5.00 Å². The van der Waals surface area contributed by atoms with E-state index in [1.807, 2.05) is 30.3 Å². The van der Waals surface area contributed by atoms with Gasteiger partial charge in [-0.3, -0.25) is 14.6 Å². The Balaban J connectivity index is 1.44. The number of ether oxygens (including phenoxy) is 1. The van der Waals surface area contributed by atoms with Gasteiger partial charge in [0, 0.05) is 23.8 Å². The molecule has 2 N–H and O–H groups in total. The van der Waals surface area contributed by atoms with Gasteiger partial charge in [0.05, 0.1) is 11.1 Å². The van der Waals surface area contributed by atoms with Crippen molar-refractivity contribution in [1.82, 2.24) is 10.3 Å². The van der Waals surface area contributed by atoms with Gasteiger partial charge in [-0.2, -0.15) is 0 Å². The standard InChI is InChI=1S/C24H23N3O4S/c28-20(15-31-24(30)17-9-6-12-25-14-17)27-23-21(18-10-4-5-11-19(18)32-23)22(29)26-13-16-7-2-1-3-8-16/h1-3,6-9,12,14H,4-5,10-11,13,15H2,(H,26,29)(H,27,28). The van der Waals surface area contributed by atoms with Gasteiger partial charge in [-0.25, -0.2) is 4.79 Å². The van der Waals surface area contributed by atoms with Gasteiger partial charge < -0.3 is 15.4 Å². The zero-order valence-electron chi connectivity index (χ0n) is 17.4. The molecular weight excluding hydrogens is 426 g/mol. The number of carbonyl (C=O) groups is 3. The van der Waals surface area contributed by atoms with E-state index in [-0.39, 0.29) is 11.5 Å². The second kappa shape index (κ2) is 10.2. The summed E-state index contributed by atoms with van der Waals surface area (Å²) in [5, 5.41) is 6.25. The van der Waals surface area contributed by atoms with Crippen LogP contribution in [0.15, 0.2) is 54.9 Å². The van der Waals surface area contributed by atoms with Crippen molar-refractivity contribution in [3.8, 4) is 0 Å². The van der Waals surface area contributed by atoms with Crippen molar-refractivity contribution < 1.29 is 19.1 Å². The largest absolute Gasteiger partial charge is 0.452 e. The van der Waals surface area contributed by atoms with E-state index in [9.17, 15) is 14.4 Å². The molecule has 2 heterocycles. The number of anilines is 1. The topological polar surface area (TPSA) is 97.4 Å². The molecule has 1 aliphatic carbocycles. The Labute approximate surface area is 189 Å². The summed E-state index contributed by atoms with van der Waals surface area (Å²) in [6, 6.07) is 12.8. The first kappa shape index (κ1) is 21.7. The monoisotopic (exact) mass is 449 g/mol. The fraction of sp³-hybridized carbons (Fsp3) is 0.250. The van der Waals surface area contributed by atoms with E-state index in [1.165, 1.54) is 17.5 Å². The van der Waals surface area contributed by atoms with Crippen LogP contribution in [0.1, 0.15) is 49.6 Å². The summed E-state index contributed by atoms with van der Waals surface area (Å²) in [6.07, 6.45) is 6.71. The second-order valence-corrected chi connectivity index (χ2v) is 8.55. The molecule has 3 aromatic rings. The van der Waals surface area contributed by atoms with Crippen LogP contribution in [0.5, 0.6) is 0 Å². The average molecular weight is 450 g/mol. The van der Waals surface area contributed by atoms with Crippen LogP contribution in [0.3, 0.4) is 0 Å². The number of fused-ring (bicyclic) bond motifs is 1. The van der Waals surface area contributed by atoms with Crippen LogP contribution in [-0.2, 0) is 28.9 Å². The maximum Gasteiger partial charge on any atom is 0.340 e. The predicted octanol–water partition coefficient (Wildman–Crippen LogP) is 3.75. The maximum absolute atomic E-state index is 13.1. The molecular formula is C24H23N3O4S. The van der Waals surface area contributed by atoms with E-state index >= 15 is 0 Å². The van der Waals surface area contributed by atoms with E-state index in [1.54, 1.807) is 18.3 Å². The third-order valence-corrected chi connectivity index (χ3v) is 6.39. The van der Waals surface area contributed by atoms with Crippen LogP contribution in [0, 0.1) is 0 Å². The first-order chi connectivity index (χ1) is 15.6. The minimum Gasteiger partial charge on any atom is -0.452 e. The fourth-order valence-electron chi connectivity index (χ4n) is 3.62. The molecule has 2 amide bonds. The van der Waals surface area contributed by atoms with Crippen molar-refractivity contribution in [1.29, 1.82) is 0 Å². The zero-order valence-corrected chi connectivity index (χ0v) is 18.2. The molecule has 0 spiro atoms. The zero-order chi connectivity index (χ0) is 22.3. The van der Waals surface area contributed by atoms with Crippen LogP contribution >= 0.6 is 11.3 Å². The van der Waals surface area contributed by atoms with Crippen molar-refractivity contribution in [2.75, 3.05) is 11.9 Å². The van der Waals surface area contributed by atoms with Crippen LogP contribution in [0.25, 0.3) is 0 Å². The Kier molecular flexibility index (Phi) is 6.91. The normalized spacial score (nSPS) is 12.5. The van der Waals surface area contributed by atoms with Gasteiger partial charge in [-0.15, -0.1) is 11.3 Å². The molecule has 0 radical (unpaired) electrons. The number of carbonyl (C=O) groups excluding carboxylic acids is 3. The van der Waals surface area contributed by atoms with E-state index in [4.69, 9.17) is 4.74 Å². The summed E-state index contributed by atoms with van der Waals surface area (Å²) in [5.41, 5.74) is 2.80. The number of hydrogen-bond acceptors (Lipinski definition) is 6. The fourth-order valence-corrected chi connectivity index (χ4v) is 4.92. The third kappa shape index (κ3) is 5.20. The highest BCUT2D eigenvalue weighted by atomic mass is 32.1. The van der Waals surface area contributed by atoms with Gasteiger partial charge in [0.25, 0.3) is 11.8 Å². The van der Waals surface area contributed by atoms with Crippen LogP contribution < -0.4 is 10.6 Å². The number of hydrogen-bond donors (Lipinski definition) is 2. The van der Waals surface area contributed by atoms with Gasteiger partial charge in [0.2, 0.25) is 0 Å². The first-order valence-corrected chi connectivity index (χ1v) is 11.3. The number of nitrogens with one attached hydrogen (secondary N) is 2.